The van der Waals surface area contributed by atoms with Gasteiger partial charge in [0.15, 0.2) is 5.65 Å². The fourth-order valence-corrected chi connectivity index (χ4v) is 2.59. The summed E-state index contributed by atoms with van der Waals surface area (Å²) in [5, 5.41) is 8.86. The minimum Gasteiger partial charge on any atom is -0.366 e. The molecular weight excluding hydrogens is 278 g/mol. The molecule has 0 saturated carbocycles. The average molecular weight is 297 g/mol. The molecule has 7 nitrogen and oxygen atoms in total. The maximum absolute atomic E-state index is 4.55. The van der Waals surface area contributed by atoms with E-state index >= 15 is 0 Å². The van der Waals surface area contributed by atoms with Crippen molar-refractivity contribution in [3.05, 3.63) is 35.8 Å². The van der Waals surface area contributed by atoms with Crippen LogP contribution in [0.3, 0.4) is 0 Å². The maximum atomic E-state index is 4.55. The molecule has 114 valence electrons. The number of aromatic nitrogens is 6. The van der Waals surface area contributed by atoms with Crippen molar-refractivity contribution in [3.63, 3.8) is 0 Å². The fraction of sp³-hybridized carbons (Fsp3) is 0.400. The molecule has 0 bridgehead atoms. The van der Waals surface area contributed by atoms with Crippen molar-refractivity contribution in [1.82, 2.24) is 29.7 Å². The number of hydrogen-bond acceptors (Lipinski definition) is 6. The monoisotopic (exact) mass is 297 g/mol. The predicted octanol–water partition coefficient (Wildman–Crippen LogP) is 1.81. The summed E-state index contributed by atoms with van der Waals surface area (Å²) < 4.78 is 1.79. The third-order valence-corrected chi connectivity index (χ3v) is 3.49. The Morgan fingerprint density at radius 2 is 2.05 bits per heavy atom. The number of aryl methyl sites for hydroxylation is 3. The van der Waals surface area contributed by atoms with Gasteiger partial charge in [0.2, 0.25) is 0 Å². The van der Waals surface area contributed by atoms with Crippen LogP contribution in [-0.2, 0) is 13.5 Å². The highest BCUT2D eigenvalue weighted by atomic mass is 15.3. The molecule has 0 spiro atoms. The van der Waals surface area contributed by atoms with Crippen LogP contribution in [0.2, 0.25) is 0 Å². The molecule has 0 saturated heterocycles. The van der Waals surface area contributed by atoms with Gasteiger partial charge in [0.1, 0.15) is 11.6 Å². The molecule has 0 aliphatic heterocycles. The van der Waals surface area contributed by atoms with Crippen LogP contribution in [-0.4, -0.2) is 35.8 Å². The summed E-state index contributed by atoms with van der Waals surface area (Å²) in [5.41, 5.74) is 2.72. The number of rotatable bonds is 4. The predicted molar refractivity (Wildman–Crippen MR) is 84.6 cm³/mol. The molecule has 0 aliphatic carbocycles. The van der Waals surface area contributed by atoms with Gasteiger partial charge in [0.05, 0.1) is 16.8 Å². The van der Waals surface area contributed by atoms with E-state index in [0.29, 0.717) is 0 Å². The lowest BCUT2D eigenvalue weighted by molar-refractivity contribution is 0.758. The summed E-state index contributed by atoms with van der Waals surface area (Å²) >= 11 is 0. The number of nitrogens with zero attached hydrogens (tertiary/aromatic N) is 6. The maximum Gasteiger partial charge on any atom is 0.163 e. The normalized spacial score (nSPS) is 12.5. The number of fused-ring (bicyclic) bond motifs is 1. The minimum absolute atomic E-state index is 0.175. The van der Waals surface area contributed by atoms with E-state index in [-0.39, 0.29) is 6.04 Å². The third-order valence-electron chi connectivity index (χ3n) is 3.49. The molecule has 3 aromatic rings. The Balaban J connectivity index is 1.90. The van der Waals surface area contributed by atoms with Crippen LogP contribution in [0.5, 0.6) is 0 Å². The van der Waals surface area contributed by atoms with Gasteiger partial charge in [-0.15, -0.1) is 0 Å². The largest absolute Gasteiger partial charge is 0.366 e. The highest BCUT2D eigenvalue weighted by Crippen LogP contribution is 2.24. The van der Waals surface area contributed by atoms with Crippen molar-refractivity contribution in [2.45, 2.75) is 33.2 Å². The molecule has 0 aromatic carbocycles. The number of nitrogens with one attached hydrogen (secondary N) is 1. The van der Waals surface area contributed by atoms with Crippen LogP contribution < -0.4 is 5.32 Å². The Hall–Kier alpha value is -2.57. The van der Waals surface area contributed by atoms with Crippen LogP contribution >= 0.6 is 0 Å². The Kier molecular flexibility index (Phi) is 3.70. The standard InChI is InChI=1S/C15H19N7/c1-9(7-12-8-16-5-6-17-12)18-14-13-10(2)21-22(4)15(13)20-11(3)19-14/h5-6,8-9H,7H2,1-4H3,(H,18,19,20). The second-order valence-electron chi connectivity index (χ2n) is 5.47. The lowest BCUT2D eigenvalue weighted by Crippen LogP contribution is -2.20. The molecule has 0 radical (unpaired) electrons. The Bertz CT molecular complexity index is 795. The molecule has 0 aliphatic rings. The second-order valence-corrected chi connectivity index (χ2v) is 5.47. The summed E-state index contributed by atoms with van der Waals surface area (Å²) in [6, 6.07) is 0.175. The van der Waals surface area contributed by atoms with Gasteiger partial charge in [0, 0.05) is 38.1 Å². The van der Waals surface area contributed by atoms with E-state index in [4.69, 9.17) is 0 Å². The van der Waals surface area contributed by atoms with Crippen molar-refractivity contribution in [3.8, 4) is 0 Å². The van der Waals surface area contributed by atoms with E-state index in [9.17, 15) is 0 Å². The molecule has 3 aromatic heterocycles. The zero-order valence-electron chi connectivity index (χ0n) is 13.2. The topological polar surface area (TPSA) is 81.4 Å². The summed E-state index contributed by atoms with van der Waals surface area (Å²) in [5.74, 6) is 1.55. The van der Waals surface area contributed by atoms with Gasteiger partial charge in [-0.2, -0.15) is 5.10 Å². The third kappa shape index (κ3) is 2.74. The number of hydrogen-bond donors (Lipinski definition) is 1. The highest BCUT2D eigenvalue weighted by Gasteiger charge is 2.15. The summed E-state index contributed by atoms with van der Waals surface area (Å²) in [6.45, 7) is 5.96. The molecule has 7 heteroatoms. The average Bonchev–Trinajstić information content (AvgIpc) is 2.74. The fourth-order valence-electron chi connectivity index (χ4n) is 2.59. The molecular formula is C15H19N7. The quantitative estimate of drug-likeness (QED) is 0.791. The molecule has 3 heterocycles. The Morgan fingerprint density at radius 1 is 1.23 bits per heavy atom. The first-order valence-electron chi connectivity index (χ1n) is 7.24. The summed E-state index contributed by atoms with van der Waals surface area (Å²) in [6.07, 6.45) is 5.95. The van der Waals surface area contributed by atoms with Gasteiger partial charge >= 0.3 is 0 Å². The Morgan fingerprint density at radius 3 is 2.77 bits per heavy atom. The summed E-state index contributed by atoms with van der Waals surface area (Å²) in [7, 11) is 1.90. The lowest BCUT2D eigenvalue weighted by Gasteiger charge is -2.15. The van der Waals surface area contributed by atoms with E-state index in [1.54, 1.807) is 23.3 Å². The zero-order valence-corrected chi connectivity index (χ0v) is 13.2. The van der Waals surface area contributed by atoms with E-state index in [1.807, 2.05) is 20.9 Å². The molecule has 22 heavy (non-hydrogen) atoms. The van der Waals surface area contributed by atoms with Gasteiger partial charge in [-0.25, -0.2) is 9.97 Å². The first-order chi connectivity index (χ1) is 10.5. The first-order valence-corrected chi connectivity index (χ1v) is 7.24. The van der Waals surface area contributed by atoms with E-state index in [2.05, 4.69) is 37.3 Å². The van der Waals surface area contributed by atoms with Crippen LogP contribution in [0.15, 0.2) is 18.6 Å². The first kappa shape index (κ1) is 14.4. The zero-order chi connectivity index (χ0) is 15.7. The van der Waals surface area contributed by atoms with Gasteiger partial charge in [-0.05, 0) is 20.8 Å². The smallest absolute Gasteiger partial charge is 0.163 e. The van der Waals surface area contributed by atoms with Gasteiger partial charge in [-0.1, -0.05) is 0 Å². The summed E-state index contributed by atoms with van der Waals surface area (Å²) in [4.78, 5) is 17.4. The van der Waals surface area contributed by atoms with Crippen molar-refractivity contribution in [2.75, 3.05) is 5.32 Å². The minimum atomic E-state index is 0.175. The van der Waals surface area contributed by atoms with Crippen molar-refractivity contribution in [2.24, 2.45) is 7.05 Å². The lowest BCUT2D eigenvalue weighted by atomic mass is 10.2. The molecule has 0 fully saturated rings. The molecule has 0 amide bonds. The van der Waals surface area contributed by atoms with Gasteiger partial charge in [0.25, 0.3) is 0 Å². The molecule has 3 rings (SSSR count). The molecule has 1 unspecified atom stereocenters. The van der Waals surface area contributed by atoms with E-state index < -0.39 is 0 Å². The van der Waals surface area contributed by atoms with Gasteiger partial charge in [-0.3, -0.25) is 14.6 Å². The van der Waals surface area contributed by atoms with E-state index in [1.165, 1.54) is 0 Å². The van der Waals surface area contributed by atoms with Crippen LogP contribution in [0.4, 0.5) is 5.82 Å². The van der Waals surface area contributed by atoms with Crippen molar-refractivity contribution < 1.29 is 0 Å². The molecule has 1 N–H and O–H groups in total. The number of anilines is 1. The Labute approximate surface area is 128 Å². The van der Waals surface area contributed by atoms with Crippen LogP contribution in [0.1, 0.15) is 24.1 Å². The van der Waals surface area contributed by atoms with Crippen molar-refractivity contribution >= 4 is 16.9 Å². The van der Waals surface area contributed by atoms with Crippen LogP contribution in [0.25, 0.3) is 11.0 Å². The van der Waals surface area contributed by atoms with Gasteiger partial charge < -0.3 is 5.32 Å². The molecule has 1 atom stereocenters. The second kappa shape index (κ2) is 5.67. The SMILES string of the molecule is Cc1nc(NC(C)Cc2cnccn2)c2c(C)nn(C)c2n1. The van der Waals surface area contributed by atoms with E-state index in [0.717, 1.165) is 40.5 Å². The highest BCUT2D eigenvalue weighted by molar-refractivity contribution is 5.89. The van der Waals surface area contributed by atoms with Crippen LogP contribution in [0, 0.1) is 13.8 Å². The van der Waals surface area contributed by atoms with Crippen molar-refractivity contribution in [1.29, 1.82) is 0 Å².